The number of rotatable bonds is 3. The molecule has 0 spiro atoms. The predicted octanol–water partition coefficient (Wildman–Crippen LogP) is 3.08. The first kappa shape index (κ1) is 11.7. The standard InChI is InChI=1S/C12H10F3NO/c1-16-6-11-8(2-3-17-11)7-4-9(13)12(15)10(14)5-7/h2-5,16H,6H2,1H3. The van der Waals surface area contributed by atoms with Gasteiger partial charge in [0.15, 0.2) is 17.5 Å². The third-order valence-corrected chi connectivity index (χ3v) is 2.38. The second-order valence-electron chi connectivity index (χ2n) is 3.54. The zero-order valence-corrected chi connectivity index (χ0v) is 9.06. The molecule has 2 rings (SSSR count). The van der Waals surface area contributed by atoms with E-state index in [9.17, 15) is 13.2 Å². The Bertz CT molecular complexity index is 513. The molecule has 2 aromatic rings. The van der Waals surface area contributed by atoms with Gasteiger partial charge in [-0.05, 0) is 30.8 Å². The molecule has 17 heavy (non-hydrogen) atoms. The van der Waals surface area contributed by atoms with E-state index in [-0.39, 0.29) is 5.56 Å². The van der Waals surface area contributed by atoms with Crippen molar-refractivity contribution < 1.29 is 17.6 Å². The molecule has 2 nitrogen and oxygen atoms in total. The van der Waals surface area contributed by atoms with Crippen LogP contribution in [0.1, 0.15) is 5.76 Å². The third kappa shape index (κ3) is 2.19. The summed E-state index contributed by atoms with van der Waals surface area (Å²) in [6.45, 7) is 0.420. The topological polar surface area (TPSA) is 25.2 Å². The molecule has 0 radical (unpaired) electrons. The first-order valence-corrected chi connectivity index (χ1v) is 4.99. The SMILES string of the molecule is CNCc1occc1-c1cc(F)c(F)c(F)c1. The Morgan fingerprint density at radius 3 is 2.41 bits per heavy atom. The second kappa shape index (κ2) is 4.63. The summed E-state index contributed by atoms with van der Waals surface area (Å²) in [6, 6.07) is 3.48. The van der Waals surface area contributed by atoms with Gasteiger partial charge in [0, 0.05) is 5.56 Å². The van der Waals surface area contributed by atoms with Crippen molar-refractivity contribution in [2.24, 2.45) is 0 Å². The quantitative estimate of drug-likeness (QED) is 0.835. The van der Waals surface area contributed by atoms with E-state index >= 15 is 0 Å². The fraction of sp³-hybridized carbons (Fsp3) is 0.167. The molecule has 0 aliphatic carbocycles. The maximum Gasteiger partial charge on any atom is 0.194 e. The molecule has 0 amide bonds. The summed E-state index contributed by atoms with van der Waals surface area (Å²) in [5.41, 5.74) is 0.789. The van der Waals surface area contributed by atoms with Crippen LogP contribution in [0.4, 0.5) is 13.2 Å². The molecule has 1 N–H and O–H groups in total. The molecule has 0 aliphatic rings. The highest BCUT2D eigenvalue weighted by Gasteiger charge is 2.14. The molecule has 1 aromatic carbocycles. The molecule has 0 bridgehead atoms. The van der Waals surface area contributed by atoms with Crippen LogP contribution in [0.5, 0.6) is 0 Å². The molecular formula is C12H10F3NO. The smallest absolute Gasteiger partial charge is 0.194 e. The van der Waals surface area contributed by atoms with Gasteiger partial charge in [0.05, 0.1) is 12.8 Å². The number of hydrogen-bond donors (Lipinski definition) is 1. The zero-order valence-electron chi connectivity index (χ0n) is 9.06. The van der Waals surface area contributed by atoms with E-state index in [2.05, 4.69) is 5.32 Å². The Morgan fingerprint density at radius 1 is 1.18 bits per heavy atom. The average Bonchev–Trinajstić information content (AvgIpc) is 2.74. The highest BCUT2D eigenvalue weighted by Crippen LogP contribution is 2.27. The van der Waals surface area contributed by atoms with Crippen LogP contribution < -0.4 is 5.32 Å². The normalized spacial score (nSPS) is 10.8. The Kier molecular flexibility index (Phi) is 3.19. The minimum atomic E-state index is -1.47. The van der Waals surface area contributed by atoms with Crippen LogP contribution in [-0.4, -0.2) is 7.05 Å². The van der Waals surface area contributed by atoms with Crippen molar-refractivity contribution in [1.29, 1.82) is 0 Å². The third-order valence-electron chi connectivity index (χ3n) is 2.38. The van der Waals surface area contributed by atoms with Crippen LogP contribution in [0, 0.1) is 17.5 Å². The van der Waals surface area contributed by atoms with E-state index < -0.39 is 17.5 Å². The van der Waals surface area contributed by atoms with Crippen LogP contribution in [-0.2, 0) is 6.54 Å². The summed E-state index contributed by atoms with van der Waals surface area (Å²) in [5.74, 6) is -3.35. The fourth-order valence-electron chi connectivity index (χ4n) is 1.61. The van der Waals surface area contributed by atoms with Gasteiger partial charge in [0.25, 0.3) is 0 Å². The van der Waals surface area contributed by atoms with Crippen molar-refractivity contribution in [3.63, 3.8) is 0 Å². The summed E-state index contributed by atoms with van der Waals surface area (Å²) >= 11 is 0. The van der Waals surface area contributed by atoms with Crippen molar-refractivity contribution in [1.82, 2.24) is 5.32 Å². The molecule has 0 unspecified atom stereocenters. The lowest BCUT2D eigenvalue weighted by atomic mass is 10.1. The van der Waals surface area contributed by atoms with Gasteiger partial charge in [-0.3, -0.25) is 0 Å². The number of furan rings is 1. The molecular weight excluding hydrogens is 231 g/mol. The summed E-state index contributed by atoms with van der Waals surface area (Å²) in [7, 11) is 1.72. The van der Waals surface area contributed by atoms with Crippen molar-refractivity contribution in [3.05, 3.63) is 47.7 Å². The summed E-state index contributed by atoms with van der Waals surface area (Å²) < 4.78 is 44.2. The fourth-order valence-corrected chi connectivity index (χ4v) is 1.61. The molecule has 0 fully saturated rings. The average molecular weight is 241 g/mol. The first-order valence-electron chi connectivity index (χ1n) is 4.99. The maximum absolute atomic E-state index is 13.1. The minimum absolute atomic E-state index is 0.250. The first-order chi connectivity index (χ1) is 8.13. The van der Waals surface area contributed by atoms with Crippen molar-refractivity contribution in [3.8, 4) is 11.1 Å². The second-order valence-corrected chi connectivity index (χ2v) is 3.54. The van der Waals surface area contributed by atoms with Crippen LogP contribution in [0.2, 0.25) is 0 Å². The van der Waals surface area contributed by atoms with E-state index in [4.69, 9.17) is 4.42 Å². The molecule has 0 saturated heterocycles. The lowest BCUT2D eigenvalue weighted by molar-refractivity contribution is 0.447. The van der Waals surface area contributed by atoms with Crippen LogP contribution in [0.3, 0.4) is 0 Å². The van der Waals surface area contributed by atoms with E-state index in [1.54, 1.807) is 13.1 Å². The Labute approximate surface area is 96.1 Å². The highest BCUT2D eigenvalue weighted by molar-refractivity contribution is 5.65. The van der Waals surface area contributed by atoms with Crippen LogP contribution in [0.25, 0.3) is 11.1 Å². The van der Waals surface area contributed by atoms with Crippen molar-refractivity contribution >= 4 is 0 Å². The van der Waals surface area contributed by atoms with Crippen molar-refractivity contribution in [2.45, 2.75) is 6.54 Å². The van der Waals surface area contributed by atoms with Crippen LogP contribution in [0.15, 0.2) is 28.9 Å². The molecule has 0 saturated carbocycles. The zero-order chi connectivity index (χ0) is 12.4. The van der Waals surface area contributed by atoms with Gasteiger partial charge in [0.1, 0.15) is 5.76 Å². The summed E-state index contributed by atoms with van der Waals surface area (Å²) in [5, 5.41) is 2.87. The van der Waals surface area contributed by atoms with Gasteiger partial charge >= 0.3 is 0 Å². The Hall–Kier alpha value is -1.75. The van der Waals surface area contributed by atoms with E-state index in [1.807, 2.05) is 0 Å². The van der Waals surface area contributed by atoms with Gasteiger partial charge in [-0.1, -0.05) is 0 Å². The molecule has 1 aromatic heterocycles. The summed E-state index contributed by atoms with van der Waals surface area (Å²) in [6.07, 6.45) is 1.42. The molecule has 5 heteroatoms. The van der Waals surface area contributed by atoms with E-state index in [1.165, 1.54) is 6.26 Å². The molecule has 0 aliphatic heterocycles. The van der Waals surface area contributed by atoms with Gasteiger partial charge in [-0.2, -0.15) is 0 Å². The van der Waals surface area contributed by atoms with Gasteiger partial charge in [-0.15, -0.1) is 0 Å². The number of nitrogens with one attached hydrogen (secondary N) is 1. The van der Waals surface area contributed by atoms with Crippen LogP contribution >= 0.6 is 0 Å². The molecule has 1 heterocycles. The molecule has 0 atom stereocenters. The number of halogens is 3. The lowest BCUT2D eigenvalue weighted by Crippen LogP contribution is -2.05. The Balaban J connectivity index is 2.49. The Morgan fingerprint density at radius 2 is 1.82 bits per heavy atom. The number of benzene rings is 1. The van der Waals surface area contributed by atoms with Gasteiger partial charge in [0.2, 0.25) is 0 Å². The van der Waals surface area contributed by atoms with E-state index in [0.717, 1.165) is 12.1 Å². The lowest BCUT2D eigenvalue weighted by Gasteiger charge is -2.04. The van der Waals surface area contributed by atoms with Crippen molar-refractivity contribution in [2.75, 3.05) is 7.05 Å². The minimum Gasteiger partial charge on any atom is -0.467 e. The predicted molar refractivity (Wildman–Crippen MR) is 56.8 cm³/mol. The van der Waals surface area contributed by atoms with Gasteiger partial charge < -0.3 is 9.73 Å². The molecule has 90 valence electrons. The number of hydrogen-bond acceptors (Lipinski definition) is 2. The highest BCUT2D eigenvalue weighted by atomic mass is 19.2. The van der Waals surface area contributed by atoms with Gasteiger partial charge in [-0.25, -0.2) is 13.2 Å². The largest absolute Gasteiger partial charge is 0.467 e. The monoisotopic (exact) mass is 241 g/mol. The maximum atomic E-state index is 13.1. The van der Waals surface area contributed by atoms with E-state index in [0.29, 0.717) is 17.9 Å². The summed E-state index contributed by atoms with van der Waals surface area (Å²) in [4.78, 5) is 0.